The SMILES string of the molecule is COC(=O)c1ccc(COC2CCOCC2)cc1. The summed E-state index contributed by atoms with van der Waals surface area (Å²) in [7, 11) is 1.38. The van der Waals surface area contributed by atoms with Crippen LogP contribution in [0.4, 0.5) is 0 Å². The Labute approximate surface area is 107 Å². The summed E-state index contributed by atoms with van der Waals surface area (Å²) >= 11 is 0. The van der Waals surface area contributed by atoms with Crippen LogP contribution in [0, 0.1) is 0 Å². The molecule has 1 saturated heterocycles. The third-order valence-electron chi connectivity index (χ3n) is 3.03. The highest BCUT2D eigenvalue weighted by Crippen LogP contribution is 2.14. The molecule has 0 spiro atoms. The number of carbonyl (C=O) groups is 1. The van der Waals surface area contributed by atoms with Crippen molar-refractivity contribution < 1.29 is 19.0 Å². The van der Waals surface area contributed by atoms with Gasteiger partial charge in [-0.05, 0) is 30.5 Å². The van der Waals surface area contributed by atoms with E-state index in [9.17, 15) is 4.79 Å². The van der Waals surface area contributed by atoms with E-state index in [2.05, 4.69) is 4.74 Å². The van der Waals surface area contributed by atoms with E-state index in [0.717, 1.165) is 31.6 Å². The number of ether oxygens (including phenoxy) is 3. The van der Waals surface area contributed by atoms with E-state index in [-0.39, 0.29) is 5.97 Å². The zero-order valence-corrected chi connectivity index (χ0v) is 10.6. The summed E-state index contributed by atoms with van der Waals surface area (Å²) in [6.07, 6.45) is 2.21. The minimum Gasteiger partial charge on any atom is -0.465 e. The molecule has 1 aliphatic heterocycles. The molecule has 1 heterocycles. The average molecular weight is 250 g/mol. The lowest BCUT2D eigenvalue weighted by molar-refractivity contribution is -0.0390. The fourth-order valence-corrected chi connectivity index (χ4v) is 1.91. The number of rotatable bonds is 4. The molecule has 0 radical (unpaired) electrons. The fraction of sp³-hybridized carbons (Fsp3) is 0.500. The molecule has 0 aliphatic carbocycles. The van der Waals surface area contributed by atoms with Crippen LogP contribution in [0.5, 0.6) is 0 Å². The maximum atomic E-state index is 11.3. The first-order chi connectivity index (χ1) is 8.79. The van der Waals surface area contributed by atoms with Gasteiger partial charge in [-0.3, -0.25) is 0 Å². The average Bonchev–Trinajstić information content (AvgIpc) is 2.46. The molecular formula is C14H18O4. The van der Waals surface area contributed by atoms with Crippen LogP contribution in [0.1, 0.15) is 28.8 Å². The fourth-order valence-electron chi connectivity index (χ4n) is 1.91. The van der Waals surface area contributed by atoms with Crippen molar-refractivity contribution >= 4 is 5.97 Å². The minimum absolute atomic E-state index is 0.291. The van der Waals surface area contributed by atoms with Crippen LogP contribution in [0.3, 0.4) is 0 Å². The standard InChI is InChI=1S/C14H18O4/c1-16-14(15)12-4-2-11(3-5-12)10-18-13-6-8-17-9-7-13/h2-5,13H,6-10H2,1H3. The maximum Gasteiger partial charge on any atom is 0.337 e. The van der Waals surface area contributed by atoms with E-state index in [1.807, 2.05) is 12.1 Å². The van der Waals surface area contributed by atoms with Gasteiger partial charge in [0.2, 0.25) is 0 Å². The summed E-state index contributed by atoms with van der Waals surface area (Å²) in [4.78, 5) is 11.3. The maximum absolute atomic E-state index is 11.3. The van der Waals surface area contributed by atoms with Gasteiger partial charge in [0.25, 0.3) is 0 Å². The third-order valence-corrected chi connectivity index (χ3v) is 3.03. The van der Waals surface area contributed by atoms with E-state index in [1.54, 1.807) is 12.1 Å². The first-order valence-corrected chi connectivity index (χ1v) is 6.16. The summed E-state index contributed by atoms with van der Waals surface area (Å²) < 4.78 is 15.7. The Hall–Kier alpha value is -1.39. The molecule has 2 rings (SSSR count). The topological polar surface area (TPSA) is 44.8 Å². The van der Waals surface area contributed by atoms with Crippen LogP contribution in [-0.4, -0.2) is 32.4 Å². The molecule has 0 saturated carbocycles. The lowest BCUT2D eigenvalue weighted by Crippen LogP contribution is -2.23. The van der Waals surface area contributed by atoms with Crippen LogP contribution in [0.25, 0.3) is 0 Å². The Morgan fingerprint density at radius 1 is 1.28 bits per heavy atom. The molecule has 0 unspecified atom stereocenters. The largest absolute Gasteiger partial charge is 0.465 e. The molecule has 4 heteroatoms. The van der Waals surface area contributed by atoms with E-state index < -0.39 is 0 Å². The molecule has 1 aliphatic rings. The van der Waals surface area contributed by atoms with Crippen molar-refractivity contribution in [2.45, 2.75) is 25.6 Å². The van der Waals surface area contributed by atoms with Gasteiger partial charge in [0.1, 0.15) is 0 Å². The van der Waals surface area contributed by atoms with Gasteiger partial charge in [-0.2, -0.15) is 0 Å². The molecule has 0 amide bonds. The number of esters is 1. The van der Waals surface area contributed by atoms with Gasteiger partial charge < -0.3 is 14.2 Å². The van der Waals surface area contributed by atoms with Crippen molar-refractivity contribution in [3.63, 3.8) is 0 Å². The van der Waals surface area contributed by atoms with Gasteiger partial charge in [-0.25, -0.2) is 4.79 Å². The van der Waals surface area contributed by atoms with Crippen molar-refractivity contribution in [1.29, 1.82) is 0 Å². The highest BCUT2D eigenvalue weighted by Gasteiger charge is 2.14. The number of hydrogen-bond donors (Lipinski definition) is 0. The number of hydrogen-bond acceptors (Lipinski definition) is 4. The van der Waals surface area contributed by atoms with Crippen molar-refractivity contribution in [2.75, 3.05) is 20.3 Å². The van der Waals surface area contributed by atoms with E-state index in [4.69, 9.17) is 9.47 Å². The molecule has 0 N–H and O–H groups in total. The molecule has 1 aromatic rings. The lowest BCUT2D eigenvalue weighted by Gasteiger charge is -2.22. The van der Waals surface area contributed by atoms with Gasteiger partial charge in [0.05, 0.1) is 25.4 Å². The highest BCUT2D eigenvalue weighted by atomic mass is 16.5. The van der Waals surface area contributed by atoms with Crippen molar-refractivity contribution in [2.24, 2.45) is 0 Å². The molecule has 0 aromatic heterocycles. The summed E-state index contributed by atoms with van der Waals surface area (Å²) in [5, 5.41) is 0. The second-order valence-corrected chi connectivity index (χ2v) is 4.31. The van der Waals surface area contributed by atoms with Gasteiger partial charge in [0, 0.05) is 13.2 Å². The number of methoxy groups -OCH3 is 1. The van der Waals surface area contributed by atoms with Crippen LogP contribution < -0.4 is 0 Å². The molecule has 98 valence electrons. The minimum atomic E-state index is -0.313. The molecule has 1 fully saturated rings. The molecule has 1 aromatic carbocycles. The predicted molar refractivity (Wildman–Crippen MR) is 66.4 cm³/mol. The monoisotopic (exact) mass is 250 g/mol. The lowest BCUT2D eigenvalue weighted by atomic mass is 10.1. The predicted octanol–water partition coefficient (Wildman–Crippen LogP) is 2.17. The molecule has 0 atom stereocenters. The molecule has 4 nitrogen and oxygen atoms in total. The molecule has 0 bridgehead atoms. The third kappa shape index (κ3) is 3.55. The first-order valence-electron chi connectivity index (χ1n) is 6.16. The Bertz CT molecular complexity index is 379. The van der Waals surface area contributed by atoms with Crippen molar-refractivity contribution in [3.8, 4) is 0 Å². The molecular weight excluding hydrogens is 232 g/mol. The highest BCUT2D eigenvalue weighted by molar-refractivity contribution is 5.89. The van der Waals surface area contributed by atoms with Gasteiger partial charge >= 0.3 is 5.97 Å². The van der Waals surface area contributed by atoms with E-state index in [1.165, 1.54) is 7.11 Å². The summed E-state index contributed by atoms with van der Waals surface area (Å²) in [6.45, 7) is 2.14. The van der Waals surface area contributed by atoms with Crippen molar-refractivity contribution in [1.82, 2.24) is 0 Å². The van der Waals surface area contributed by atoms with Gasteiger partial charge in [-0.1, -0.05) is 12.1 Å². The Morgan fingerprint density at radius 2 is 1.94 bits per heavy atom. The number of benzene rings is 1. The van der Waals surface area contributed by atoms with Crippen LogP contribution in [0.2, 0.25) is 0 Å². The van der Waals surface area contributed by atoms with E-state index in [0.29, 0.717) is 18.3 Å². The second-order valence-electron chi connectivity index (χ2n) is 4.31. The summed E-state index contributed by atoms with van der Waals surface area (Å²) in [6, 6.07) is 7.31. The van der Waals surface area contributed by atoms with Crippen LogP contribution in [-0.2, 0) is 20.8 Å². The van der Waals surface area contributed by atoms with Crippen LogP contribution >= 0.6 is 0 Å². The molecule has 18 heavy (non-hydrogen) atoms. The van der Waals surface area contributed by atoms with Gasteiger partial charge in [-0.15, -0.1) is 0 Å². The second kappa shape index (κ2) is 6.52. The zero-order chi connectivity index (χ0) is 12.8. The van der Waals surface area contributed by atoms with Crippen molar-refractivity contribution in [3.05, 3.63) is 35.4 Å². The normalized spacial score (nSPS) is 16.5. The zero-order valence-electron chi connectivity index (χ0n) is 10.6. The quantitative estimate of drug-likeness (QED) is 0.768. The van der Waals surface area contributed by atoms with Crippen LogP contribution in [0.15, 0.2) is 24.3 Å². The Morgan fingerprint density at radius 3 is 2.56 bits per heavy atom. The van der Waals surface area contributed by atoms with Gasteiger partial charge in [0.15, 0.2) is 0 Å². The number of carbonyl (C=O) groups excluding carboxylic acids is 1. The first kappa shape index (κ1) is 13.1. The van der Waals surface area contributed by atoms with E-state index >= 15 is 0 Å². The Balaban J connectivity index is 1.84. The summed E-state index contributed by atoms with van der Waals surface area (Å²) in [5.74, 6) is -0.313. The summed E-state index contributed by atoms with van der Waals surface area (Å²) in [5.41, 5.74) is 1.63. The smallest absolute Gasteiger partial charge is 0.337 e. The Kier molecular flexibility index (Phi) is 4.73.